The minimum absolute atomic E-state index is 0.0519. The number of nitrogens with one attached hydrogen (secondary N) is 2. The SMILES string of the molecule is N#Cc1ccc(N2C(=O)[C@H]3C4CCC(CCNS(=O)(=O)c5ccccc5)(O4)[C@H]3C2=O)cc1C(F)(F)F.[C-]#[N+]c1ccc(N2C(=O)[C@@H]3[C@H](C2=O)C2(C)CCC3(CCNS(=O)(=O)c3ccccc3)O2)cc1C(F)(F)F. The average molecular weight is 1050 g/mol. The molecule has 4 aromatic rings. The number of ether oxygens (including phenoxy) is 2. The Bertz CT molecular complexity index is 3260. The van der Waals surface area contributed by atoms with E-state index in [1.807, 2.05) is 0 Å². The van der Waals surface area contributed by atoms with Crippen molar-refractivity contribution in [3.8, 4) is 6.07 Å². The van der Waals surface area contributed by atoms with Crippen molar-refractivity contribution < 1.29 is 71.8 Å². The van der Waals surface area contributed by atoms with Crippen molar-refractivity contribution >= 4 is 60.7 Å². The molecule has 0 saturated carbocycles. The third-order valence-electron chi connectivity index (χ3n) is 14.7. The summed E-state index contributed by atoms with van der Waals surface area (Å²) in [6.45, 7) is 8.60. The summed E-state index contributed by atoms with van der Waals surface area (Å²) in [5.41, 5.74) is -7.47. The number of hydrogen-bond donors (Lipinski definition) is 2. The zero-order chi connectivity index (χ0) is 52.7. The third kappa shape index (κ3) is 8.76. The maximum Gasteiger partial charge on any atom is 0.417 e. The minimum Gasteiger partial charge on any atom is -0.370 e. The maximum atomic E-state index is 13.6. The van der Waals surface area contributed by atoms with Crippen LogP contribution in [-0.2, 0) is 61.1 Å². The van der Waals surface area contributed by atoms with Crippen molar-refractivity contribution in [3.63, 3.8) is 0 Å². The molecule has 6 fully saturated rings. The summed E-state index contributed by atoms with van der Waals surface area (Å²) in [5.74, 6) is -6.35. The van der Waals surface area contributed by atoms with Gasteiger partial charge in [-0.3, -0.25) is 19.2 Å². The fraction of sp³-hybridized carbons (Fsp3) is 0.388. The Kier molecular flexibility index (Phi) is 12.8. The Morgan fingerprint density at radius 1 is 0.685 bits per heavy atom. The quantitative estimate of drug-likeness (QED) is 0.0835. The second kappa shape index (κ2) is 18.1. The fourth-order valence-corrected chi connectivity index (χ4v) is 13.6. The molecule has 24 heteroatoms. The van der Waals surface area contributed by atoms with Gasteiger partial charge >= 0.3 is 12.4 Å². The Morgan fingerprint density at radius 2 is 1.19 bits per heavy atom. The number of nitriles is 1. The lowest BCUT2D eigenvalue weighted by molar-refractivity contribution is -0.138. The third-order valence-corrected chi connectivity index (χ3v) is 17.7. The number of anilines is 2. The minimum atomic E-state index is -4.85. The van der Waals surface area contributed by atoms with Crippen molar-refractivity contribution in [2.45, 2.75) is 90.5 Å². The van der Waals surface area contributed by atoms with E-state index in [9.17, 15) is 62.4 Å². The van der Waals surface area contributed by atoms with Crippen LogP contribution < -0.4 is 19.2 Å². The van der Waals surface area contributed by atoms with Gasteiger partial charge in [0, 0.05) is 18.8 Å². The van der Waals surface area contributed by atoms with Gasteiger partial charge in [-0.05, 0) is 100 Å². The van der Waals surface area contributed by atoms with E-state index in [1.54, 1.807) is 43.3 Å². The van der Waals surface area contributed by atoms with Crippen LogP contribution in [0.1, 0.15) is 62.1 Å². The number of alkyl halides is 6. The smallest absolute Gasteiger partial charge is 0.370 e. The number of amides is 4. The van der Waals surface area contributed by atoms with Crippen LogP contribution in [0.4, 0.5) is 43.4 Å². The van der Waals surface area contributed by atoms with Gasteiger partial charge in [0.15, 0.2) is 5.69 Å². The molecule has 0 spiro atoms. The number of nitrogens with zero attached hydrogens (tertiary/aromatic N) is 4. The number of halogens is 6. The van der Waals surface area contributed by atoms with Crippen molar-refractivity contribution in [1.82, 2.24) is 9.44 Å². The molecule has 382 valence electrons. The summed E-state index contributed by atoms with van der Waals surface area (Å²) in [7, 11) is -7.61. The normalized spacial score (nSPS) is 28.2. The monoisotopic (exact) mass is 1050 g/mol. The second-order valence-corrected chi connectivity index (χ2v) is 22.3. The topological polar surface area (TPSA) is 214 Å². The molecule has 2 N–H and O–H groups in total. The van der Waals surface area contributed by atoms with Gasteiger partial charge < -0.3 is 9.47 Å². The second-order valence-electron chi connectivity index (χ2n) is 18.8. The van der Waals surface area contributed by atoms with Crippen LogP contribution in [0.25, 0.3) is 4.85 Å². The van der Waals surface area contributed by atoms with E-state index in [0.717, 1.165) is 34.1 Å². The van der Waals surface area contributed by atoms with E-state index in [2.05, 4.69) is 14.3 Å². The predicted octanol–water partition coefficient (Wildman–Crippen LogP) is 7.03. The molecule has 8 atom stereocenters. The van der Waals surface area contributed by atoms with Gasteiger partial charge in [-0.1, -0.05) is 42.5 Å². The van der Waals surface area contributed by atoms with E-state index >= 15 is 0 Å². The summed E-state index contributed by atoms with van der Waals surface area (Å²) >= 11 is 0. The van der Waals surface area contributed by atoms with Crippen molar-refractivity contribution in [1.29, 1.82) is 5.26 Å². The molecule has 6 saturated heterocycles. The summed E-state index contributed by atoms with van der Waals surface area (Å²) in [4.78, 5) is 58.2. The highest BCUT2D eigenvalue weighted by molar-refractivity contribution is 7.89. The first-order chi connectivity index (χ1) is 34.3. The molecule has 4 bridgehead atoms. The molecular weight excluding hydrogens is 1010 g/mol. The van der Waals surface area contributed by atoms with E-state index in [-0.39, 0.29) is 47.1 Å². The van der Waals surface area contributed by atoms with Gasteiger partial charge in [0.2, 0.25) is 43.7 Å². The Hall–Kier alpha value is -6.54. The molecule has 0 radical (unpaired) electrons. The summed E-state index contributed by atoms with van der Waals surface area (Å²) in [5, 5.41) is 9.03. The molecule has 10 rings (SSSR count). The highest BCUT2D eigenvalue weighted by Crippen LogP contribution is 2.63. The lowest BCUT2D eigenvalue weighted by atomic mass is 9.67. The van der Waals surface area contributed by atoms with E-state index < -0.39 is 125 Å². The van der Waals surface area contributed by atoms with Gasteiger partial charge in [0.05, 0.1) is 91.4 Å². The lowest BCUT2D eigenvalue weighted by Crippen LogP contribution is -2.44. The molecule has 0 aliphatic carbocycles. The zero-order valence-corrected chi connectivity index (χ0v) is 39.9. The Balaban J connectivity index is 0.000000180. The summed E-state index contributed by atoms with van der Waals surface area (Å²) in [6.07, 6.45) is -8.32. The molecule has 6 aliphatic heterocycles. The highest BCUT2D eigenvalue weighted by Gasteiger charge is 2.74. The number of imide groups is 2. The molecule has 4 amide bonds. The summed E-state index contributed by atoms with van der Waals surface area (Å²) in [6, 6.07) is 22.4. The van der Waals surface area contributed by atoms with E-state index in [4.69, 9.17) is 21.3 Å². The molecule has 16 nitrogen and oxygen atoms in total. The van der Waals surface area contributed by atoms with Crippen molar-refractivity contribution in [2.75, 3.05) is 22.9 Å². The van der Waals surface area contributed by atoms with Crippen LogP contribution in [0.3, 0.4) is 0 Å². The van der Waals surface area contributed by atoms with Crippen LogP contribution in [0.2, 0.25) is 0 Å². The van der Waals surface area contributed by atoms with Crippen LogP contribution >= 0.6 is 0 Å². The van der Waals surface area contributed by atoms with Gasteiger partial charge in [-0.2, -0.15) is 31.6 Å². The number of benzene rings is 4. The average Bonchev–Trinajstić information content (AvgIpc) is 4.18. The van der Waals surface area contributed by atoms with Gasteiger partial charge in [-0.25, -0.2) is 40.9 Å². The molecule has 4 unspecified atom stereocenters. The van der Waals surface area contributed by atoms with E-state index in [1.165, 1.54) is 30.3 Å². The lowest BCUT2D eigenvalue weighted by Gasteiger charge is -2.31. The molecule has 0 aromatic heterocycles. The molecule has 4 aromatic carbocycles. The zero-order valence-electron chi connectivity index (χ0n) is 38.2. The predicted molar refractivity (Wildman–Crippen MR) is 244 cm³/mol. The largest absolute Gasteiger partial charge is 0.417 e. The van der Waals surface area contributed by atoms with Crippen LogP contribution in [0.5, 0.6) is 0 Å². The molecule has 6 heterocycles. The Labute approximate surface area is 414 Å². The first kappa shape index (κ1) is 51.4. The number of sulfonamides is 2. The number of fused-ring (bicyclic) bond motifs is 10. The van der Waals surface area contributed by atoms with Gasteiger partial charge in [-0.15, -0.1) is 0 Å². The molecule has 73 heavy (non-hydrogen) atoms. The number of hydrogen-bond acceptors (Lipinski definition) is 11. The standard InChI is InChI=1S/C25H22F3N3O5S.C24H20F3N3O5S/c1-23-10-11-24(36-23,12-13-30-37(34,35)16-6-4-3-5-7-16)20-19(23)21(32)31(22(20)33)15-8-9-18(29-2)17(14-15)25(26,27)28;25-24(26,27)17-12-15(7-6-14(17)13-28)30-21(31)19-18-8-9-23(35-18,20(19)22(30)32)10-11-29-36(33,34)16-4-2-1-3-5-16/h3-9,14,19-20,30H,10-13H2,1H3;1-7,12,18-20,29H,8-11H2/t19-,20+,23?,24?;18?,19-,20+,23?/m10/s1. The van der Waals surface area contributed by atoms with Crippen molar-refractivity contribution in [3.05, 3.63) is 125 Å². The highest BCUT2D eigenvalue weighted by atomic mass is 32.2. The van der Waals surface area contributed by atoms with Crippen LogP contribution in [0, 0.1) is 41.6 Å². The van der Waals surface area contributed by atoms with Crippen LogP contribution in [-0.4, -0.2) is 76.5 Å². The Morgan fingerprint density at radius 3 is 1.74 bits per heavy atom. The van der Waals surface area contributed by atoms with Gasteiger partial charge in [0.25, 0.3) is 0 Å². The van der Waals surface area contributed by atoms with E-state index in [0.29, 0.717) is 37.8 Å². The molecule has 6 aliphatic rings. The number of rotatable bonds is 12. The van der Waals surface area contributed by atoms with Gasteiger partial charge in [0.1, 0.15) is 0 Å². The first-order valence-corrected chi connectivity index (χ1v) is 25.7. The van der Waals surface area contributed by atoms with Crippen molar-refractivity contribution in [2.24, 2.45) is 23.7 Å². The molecular formula is C49H42F6N6O10S2. The summed E-state index contributed by atoms with van der Waals surface area (Å²) < 4.78 is 149. The number of carbonyl (C=O) groups is 4. The maximum absolute atomic E-state index is 13.6. The first-order valence-electron chi connectivity index (χ1n) is 22.7. The number of carbonyl (C=O) groups excluding carboxylic acids is 4. The van der Waals surface area contributed by atoms with Crippen LogP contribution in [0.15, 0.2) is 107 Å². The fourth-order valence-electron chi connectivity index (χ4n) is 11.5.